The molecule has 3 rings (SSSR count). The fourth-order valence-corrected chi connectivity index (χ4v) is 2.50. The molecule has 0 atom stereocenters. The number of nitro groups is 1. The minimum atomic E-state index is -4.64. The van der Waals surface area contributed by atoms with Crippen LogP contribution < -0.4 is 10.6 Å². The van der Waals surface area contributed by atoms with Crippen molar-refractivity contribution in [2.24, 2.45) is 0 Å². The van der Waals surface area contributed by atoms with Crippen molar-refractivity contribution in [3.8, 4) is 0 Å². The molecule has 0 unspecified atom stereocenters. The highest BCUT2D eigenvalue weighted by Crippen LogP contribution is 2.38. The third kappa shape index (κ3) is 4.29. The first-order chi connectivity index (χ1) is 13.3. The summed E-state index contributed by atoms with van der Waals surface area (Å²) in [6, 6.07) is 10.9. The molecule has 11 heteroatoms. The second-order valence-corrected chi connectivity index (χ2v) is 5.91. The van der Waals surface area contributed by atoms with Gasteiger partial charge < -0.3 is 10.6 Å². The summed E-state index contributed by atoms with van der Waals surface area (Å²) >= 11 is 5.80. The van der Waals surface area contributed by atoms with Crippen molar-refractivity contribution in [3.63, 3.8) is 0 Å². The van der Waals surface area contributed by atoms with E-state index in [0.717, 1.165) is 18.5 Å². The molecule has 144 valence electrons. The van der Waals surface area contributed by atoms with Gasteiger partial charge in [-0.15, -0.1) is 0 Å². The van der Waals surface area contributed by atoms with Crippen LogP contribution in [0.25, 0.3) is 0 Å². The number of halogens is 4. The normalized spacial score (nSPS) is 11.1. The molecule has 0 aliphatic rings. The lowest BCUT2D eigenvalue weighted by Crippen LogP contribution is -2.10. The molecule has 0 aliphatic heterocycles. The zero-order valence-electron chi connectivity index (χ0n) is 13.9. The van der Waals surface area contributed by atoms with E-state index >= 15 is 0 Å². The monoisotopic (exact) mass is 409 g/mol. The summed E-state index contributed by atoms with van der Waals surface area (Å²) in [6.45, 7) is 0. The standard InChI is InChI=1S/C17H11ClF3N5O2/c18-10-5-7-11(8-6-10)24-15-14(26(27)28)16(23-9-22-15)25-13-4-2-1-3-12(13)17(19,20)21/h1-9H,(H2,22,23,24,25). The Hall–Kier alpha value is -3.40. The lowest BCUT2D eigenvalue weighted by Gasteiger charge is -2.14. The van der Waals surface area contributed by atoms with Crippen molar-refractivity contribution in [2.75, 3.05) is 10.6 Å². The lowest BCUT2D eigenvalue weighted by molar-refractivity contribution is -0.383. The Labute approximate surface area is 161 Å². The van der Waals surface area contributed by atoms with Crippen molar-refractivity contribution in [3.05, 3.63) is 75.6 Å². The van der Waals surface area contributed by atoms with E-state index in [2.05, 4.69) is 20.6 Å². The lowest BCUT2D eigenvalue weighted by atomic mass is 10.1. The number of nitrogens with zero attached hydrogens (tertiary/aromatic N) is 3. The number of hydrogen-bond donors (Lipinski definition) is 2. The molecule has 0 amide bonds. The van der Waals surface area contributed by atoms with E-state index < -0.39 is 22.4 Å². The number of alkyl halides is 3. The average Bonchev–Trinajstić information content (AvgIpc) is 2.63. The molecule has 0 saturated heterocycles. The van der Waals surface area contributed by atoms with Gasteiger partial charge in [-0.3, -0.25) is 10.1 Å². The largest absolute Gasteiger partial charge is 0.418 e. The molecule has 2 N–H and O–H groups in total. The third-order valence-electron chi connectivity index (χ3n) is 3.60. The van der Waals surface area contributed by atoms with Gasteiger partial charge in [0.05, 0.1) is 16.2 Å². The van der Waals surface area contributed by atoms with Crippen molar-refractivity contribution in [1.29, 1.82) is 0 Å². The molecular formula is C17H11ClF3N5O2. The molecular weight excluding hydrogens is 399 g/mol. The van der Waals surface area contributed by atoms with Crippen LogP contribution in [0.1, 0.15) is 5.56 Å². The van der Waals surface area contributed by atoms with E-state index in [1.165, 1.54) is 12.1 Å². The fourth-order valence-electron chi connectivity index (χ4n) is 2.37. The number of para-hydroxylation sites is 1. The van der Waals surface area contributed by atoms with Gasteiger partial charge in [-0.2, -0.15) is 13.2 Å². The molecule has 0 aliphatic carbocycles. The van der Waals surface area contributed by atoms with Crippen molar-refractivity contribution >= 4 is 40.3 Å². The van der Waals surface area contributed by atoms with Crippen molar-refractivity contribution in [2.45, 2.75) is 6.18 Å². The summed E-state index contributed by atoms with van der Waals surface area (Å²) < 4.78 is 39.5. The maximum absolute atomic E-state index is 13.2. The first-order valence-corrected chi connectivity index (χ1v) is 8.08. The maximum atomic E-state index is 13.2. The van der Waals surface area contributed by atoms with Crippen LogP contribution in [0, 0.1) is 10.1 Å². The molecule has 0 bridgehead atoms. The molecule has 7 nitrogen and oxygen atoms in total. The van der Waals surface area contributed by atoms with E-state index in [9.17, 15) is 23.3 Å². The first-order valence-electron chi connectivity index (χ1n) is 7.71. The number of hydrogen-bond acceptors (Lipinski definition) is 6. The van der Waals surface area contributed by atoms with Gasteiger partial charge in [0.25, 0.3) is 0 Å². The van der Waals surface area contributed by atoms with Crippen LogP contribution in [0.5, 0.6) is 0 Å². The van der Waals surface area contributed by atoms with Gasteiger partial charge in [-0.1, -0.05) is 23.7 Å². The van der Waals surface area contributed by atoms with Crippen LogP contribution in [0.4, 0.5) is 41.9 Å². The molecule has 0 spiro atoms. The second kappa shape index (κ2) is 7.69. The summed E-state index contributed by atoms with van der Waals surface area (Å²) in [7, 11) is 0. The molecule has 2 aromatic carbocycles. The Bertz CT molecular complexity index is 1010. The van der Waals surface area contributed by atoms with E-state index in [4.69, 9.17) is 11.6 Å². The maximum Gasteiger partial charge on any atom is 0.418 e. The predicted octanol–water partition coefficient (Wildman–Crippen LogP) is 5.54. The summed E-state index contributed by atoms with van der Waals surface area (Å²) in [4.78, 5) is 18.4. The first kappa shape index (κ1) is 19.4. The number of benzene rings is 2. The van der Waals surface area contributed by atoms with Crippen LogP contribution in [-0.2, 0) is 6.18 Å². The highest BCUT2D eigenvalue weighted by atomic mass is 35.5. The zero-order valence-corrected chi connectivity index (χ0v) is 14.6. The quantitative estimate of drug-likeness (QED) is 0.424. The molecule has 0 saturated carbocycles. The van der Waals surface area contributed by atoms with Crippen LogP contribution in [0.15, 0.2) is 54.9 Å². The van der Waals surface area contributed by atoms with Gasteiger partial charge in [0.2, 0.25) is 11.6 Å². The van der Waals surface area contributed by atoms with Gasteiger partial charge in [0, 0.05) is 10.7 Å². The molecule has 28 heavy (non-hydrogen) atoms. The van der Waals surface area contributed by atoms with Crippen LogP contribution in [0.2, 0.25) is 5.02 Å². The number of aromatic nitrogens is 2. The zero-order chi connectivity index (χ0) is 20.3. The van der Waals surface area contributed by atoms with Gasteiger partial charge in [-0.25, -0.2) is 9.97 Å². The van der Waals surface area contributed by atoms with E-state index in [1.807, 2.05) is 0 Å². The van der Waals surface area contributed by atoms with Crippen molar-refractivity contribution in [1.82, 2.24) is 9.97 Å². The van der Waals surface area contributed by atoms with Gasteiger partial charge in [0.1, 0.15) is 6.33 Å². The SMILES string of the molecule is O=[N+]([O-])c1c(Nc2ccc(Cl)cc2)ncnc1Nc1ccccc1C(F)(F)F. The topological polar surface area (TPSA) is 93.0 Å². The van der Waals surface area contributed by atoms with Gasteiger partial charge >= 0.3 is 11.9 Å². The number of rotatable bonds is 5. The summed E-state index contributed by atoms with van der Waals surface area (Å²) in [5, 5.41) is 17.2. The van der Waals surface area contributed by atoms with Crippen LogP contribution in [0.3, 0.4) is 0 Å². The molecule has 1 aromatic heterocycles. The van der Waals surface area contributed by atoms with Gasteiger partial charge in [0.15, 0.2) is 0 Å². The Kier molecular flexibility index (Phi) is 5.32. The van der Waals surface area contributed by atoms with Gasteiger partial charge in [-0.05, 0) is 36.4 Å². The predicted molar refractivity (Wildman–Crippen MR) is 98.1 cm³/mol. The van der Waals surface area contributed by atoms with Crippen LogP contribution >= 0.6 is 11.6 Å². The minimum absolute atomic E-state index is 0.186. The Morgan fingerprint density at radius 1 is 0.964 bits per heavy atom. The van der Waals surface area contributed by atoms with Crippen molar-refractivity contribution < 1.29 is 18.1 Å². The Morgan fingerprint density at radius 3 is 2.18 bits per heavy atom. The highest BCUT2D eigenvalue weighted by Gasteiger charge is 2.34. The molecule has 1 heterocycles. The minimum Gasteiger partial charge on any atom is -0.334 e. The summed E-state index contributed by atoms with van der Waals surface area (Å²) in [5.74, 6) is -0.567. The van der Waals surface area contributed by atoms with E-state index in [-0.39, 0.29) is 17.3 Å². The molecule has 0 fully saturated rings. The Balaban J connectivity index is 2.01. The number of nitrogens with one attached hydrogen (secondary N) is 2. The van der Waals surface area contributed by atoms with Crippen LogP contribution in [-0.4, -0.2) is 14.9 Å². The summed E-state index contributed by atoms with van der Waals surface area (Å²) in [5.41, 5.74) is -1.49. The average molecular weight is 410 g/mol. The smallest absolute Gasteiger partial charge is 0.334 e. The Morgan fingerprint density at radius 2 is 1.57 bits per heavy atom. The van der Waals surface area contributed by atoms with E-state index in [1.54, 1.807) is 24.3 Å². The highest BCUT2D eigenvalue weighted by molar-refractivity contribution is 6.30. The number of anilines is 4. The fraction of sp³-hybridized carbons (Fsp3) is 0.0588. The third-order valence-corrected chi connectivity index (χ3v) is 3.85. The second-order valence-electron chi connectivity index (χ2n) is 5.48. The van der Waals surface area contributed by atoms with E-state index in [0.29, 0.717) is 10.7 Å². The molecule has 0 radical (unpaired) electrons. The summed E-state index contributed by atoms with van der Waals surface area (Å²) in [6.07, 6.45) is -3.64. The molecule has 3 aromatic rings.